The summed E-state index contributed by atoms with van der Waals surface area (Å²) in [6.45, 7) is 5.16. The summed E-state index contributed by atoms with van der Waals surface area (Å²) in [7, 11) is -3.56. The number of nitrogens with zero attached hydrogens (tertiary/aromatic N) is 3. The van der Waals surface area contributed by atoms with Gasteiger partial charge in [-0.1, -0.05) is 6.07 Å². The number of nitrogens with one attached hydrogen (secondary N) is 1. The van der Waals surface area contributed by atoms with Gasteiger partial charge in [0.2, 0.25) is 10.0 Å². The summed E-state index contributed by atoms with van der Waals surface area (Å²) < 4.78 is 35.7. The molecule has 1 fully saturated rings. The van der Waals surface area contributed by atoms with Crippen LogP contribution in [0.4, 0.5) is 0 Å². The van der Waals surface area contributed by atoms with Gasteiger partial charge in [-0.3, -0.25) is 0 Å². The lowest BCUT2D eigenvalue weighted by Gasteiger charge is -2.38. The second-order valence-corrected chi connectivity index (χ2v) is 7.42. The van der Waals surface area contributed by atoms with E-state index in [-0.39, 0.29) is 17.0 Å². The van der Waals surface area contributed by atoms with E-state index >= 15 is 0 Å². The molecule has 1 aliphatic heterocycles. The Labute approximate surface area is 122 Å². The van der Waals surface area contributed by atoms with Crippen molar-refractivity contribution in [3.05, 3.63) is 18.2 Å². The highest BCUT2D eigenvalue weighted by Crippen LogP contribution is 2.27. The molecule has 6 nitrogen and oxygen atoms in total. The first kappa shape index (κ1) is 13.9. The maximum atomic E-state index is 13.0. The van der Waals surface area contributed by atoms with Gasteiger partial charge in [-0.05, 0) is 26.0 Å². The van der Waals surface area contributed by atoms with E-state index in [0.717, 1.165) is 11.7 Å². The number of fused-ring (bicyclic) bond motifs is 1. The van der Waals surface area contributed by atoms with Crippen LogP contribution in [0.25, 0.3) is 11.0 Å². The lowest BCUT2D eigenvalue weighted by atomic mass is 10.2. The van der Waals surface area contributed by atoms with Crippen LogP contribution in [0.15, 0.2) is 23.1 Å². The minimum absolute atomic E-state index is 0.0781. The average Bonchev–Trinajstić information content (AvgIpc) is 2.85. The monoisotopic (exact) mass is 312 g/mol. The number of hydrogen-bond acceptors (Lipinski definition) is 6. The second kappa shape index (κ2) is 5.03. The van der Waals surface area contributed by atoms with Crippen molar-refractivity contribution in [1.29, 1.82) is 0 Å². The molecular formula is C12H16N4O2S2. The van der Waals surface area contributed by atoms with Crippen molar-refractivity contribution in [1.82, 2.24) is 18.4 Å². The van der Waals surface area contributed by atoms with E-state index in [0.29, 0.717) is 24.1 Å². The number of benzene rings is 1. The van der Waals surface area contributed by atoms with Crippen LogP contribution in [0.3, 0.4) is 0 Å². The Hall–Kier alpha value is -1.09. The molecule has 2 heterocycles. The maximum absolute atomic E-state index is 13.0. The normalized spacial score (nSPS) is 25.1. The third kappa shape index (κ3) is 2.12. The summed E-state index contributed by atoms with van der Waals surface area (Å²) in [6.07, 6.45) is 0. The number of piperazine rings is 1. The van der Waals surface area contributed by atoms with Crippen LogP contribution in [0.2, 0.25) is 0 Å². The van der Waals surface area contributed by atoms with Crippen LogP contribution in [-0.2, 0) is 10.0 Å². The van der Waals surface area contributed by atoms with Crippen molar-refractivity contribution in [2.45, 2.75) is 30.8 Å². The molecule has 108 valence electrons. The Morgan fingerprint density at radius 2 is 1.95 bits per heavy atom. The molecule has 1 N–H and O–H groups in total. The Morgan fingerprint density at radius 1 is 1.25 bits per heavy atom. The van der Waals surface area contributed by atoms with Crippen LogP contribution in [0.5, 0.6) is 0 Å². The predicted molar refractivity (Wildman–Crippen MR) is 78.2 cm³/mol. The zero-order valence-corrected chi connectivity index (χ0v) is 12.9. The summed E-state index contributed by atoms with van der Waals surface area (Å²) in [5.41, 5.74) is 1.10. The highest BCUT2D eigenvalue weighted by Gasteiger charge is 2.36. The number of aromatic nitrogens is 2. The van der Waals surface area contributed by atoms with E-state index in [1.807, 2.05) is 13.8 Å². The zero-order chi connectivity index (χ0) is 14.3. The summed E-state index contributed by atoms with van der Waals surface area (Å²) in [5.74, 6) is 0. The van der Waals surface area contributed by atoms with E-state index in [2.05, 4.69) is 14.1 Å². The summed E-state index contributed by atoms with van der Waals surface area (Å²) >= 11 is 1.04. The predicted octanol–water partition coefficient (Wildman–Crippen LogP) is 1.06. The van der Waals surface area contributed by atoms with Crippen molar-refractivity contribution in [3.63, 3.8) is 0 Å². The first-order chi connectivity index (χ1) is 9.51. The topological polar surface area (TPSA) is 75.2 Å². The minimum atomic E-state index is -3.56. The molecule has 20 heavy (non-hydrogen) atoms. The second-order valence-electron chi connectivity index (χ2n) is 5.08. The third-order valence-corrected chi connectivity index (χ3v) is 6.26. The summed E-state index contributed by atoms with van der Waals surface area (Å²) in [5, 5.41) is 3.24. The molecule has 0 saturated carbocycles. The van der Waals surface area contributed by atoms with Gasteiger partial charge in [0.25, 0.3) is 0 Å². The van der Waals surface area contributed by atoms with Gasteiger partial charge in [-0.15, -0.1) is 0 Å². The molecule has 0 amide bonds. The molecule has 2 aromatic rings. The fourth-order valence-electron chi connectivity index (χ4n) is 2.69. The van der Waals surface area contributed by atoms with Gasteiger partial charge >= 0.3 is 0 Å². The molecule has 1 aliphatic rings. The Bertz CT molecular complexity index is 718. The molecule has 8 heteroatoms. The molecule has 0 spiro atoms. The molecule has 1 saturated heterocycles. The van der Waals surface area contributed by atoms with E-state index in [9.17, 15) is 8.42 Å². The molecule has 0 radical (unpaired) electrons. The molecule has 0 aliphatic carbocycles. The van der Waals surface area contributed by atoms with Gasteiger partial charge in [-0.25, -0.2) is 8.42 Å². The fourth-order valence-corrected chi connectivity index (χ4v) is 5.27. The Balaban J connectivity index is 2.14. The van der Waals surface area contributed by atoms with Crippen molar-refractivity contribution in [3.8, 4) is 0 Å². The van der Waals surface area contributed by atoms with Gasteiger partial charge in [0.1, 0.15) is 15.9 Å². The lowest BCUT2D eigenvalue weighted by molar-refractivity contribution is 0.220. The van der Waals surface area contributed by atoms with Crippen molar-refractivity contribution < 1.29 is 8.42 Å². The number of hydrogen-bond donors (Lipinski definition) is 1. The highest BCUT2D eigenvalue weighted by atomic mass is 32.2. The van der Waals surface area contributed by atoms with Crippen LogP contribution < -0.4 is 5.32 Å². The largest absolute Gasteiger partial charge is 0.314 e. The highest BCUT2D eigenvalue weighted by molar-refractivity contribution is 7.89. The van der Waals surface area contributed by atoms with E-state index in [1.165, 1.54) is 0 Å². The molecule has 2 unspecified atom stereocenters. The lowest BCUT2D eigenvalue weighted by Crippen LogP contribution is -2.57. The Morgan fingerprint density at radius 3 is 2.65 bits per heavy atom. The number of rotatable bonds is 2. The Kier molecular flexibility index (Phi) is 3.49. The van der Waals surface area contributed by atoms with Crippen LogP contribution >= 0.6 is 11.7 Å². The van der Waals surface area contributed by atoms with Gasteiger partial charge in [0, 0.05) is 25.2 Å². The van der Waals surface area contributed by atoms with Crippen LogP contribution in [0, 0.1) is 0 Å². The molecule has 1 aromatic heterocycles. The van der Waals surface area contributed by atoms with Gasteiger partial charge < -0.3 is 5.32 Å². The fraction of sp³-hybridized carbons (Fsp3) is 0.500. The first-order valence-electron chi connectivity index (χ1n) is 6.47. The standard InChI is InChI=1S/C12H16N4O2S2/c1-8-6-13-7-9(2)16(8)20(17,18)11-5-3-4-10-12(11)15-19-14-10/h3-5,8-9,13H,6-7H2,1-2H3. The number of sulfonamides is 1. The third-order valence-electron chi connectivity index (χ3n) is 3.55. The summed E-state index contributed by atoms with van der Waals surface area (Å²) in [4.78, 5) is 0.254. The SMILES string of the molecule is CC1CNCC(C)N1S(=O)(=O)c1cccc2nsnc12. The quantitative estimate of drug-likeness (QED) is 0.897. The molecule has 2 atom stereocenters. The molecule has 1 aromatic carbocycles. The van der Waals surface area contributed by atoms with Crippen LogP contribution in [-0.4, -0.2) is 46.6 Å². The maximum Gasteiger partial charge on any atom is 0.245 e. The first-order valence-corrected chi connectivity index (χ1v) is 8.64. The smallest absolute Gasteiger partial charge is 0.245 e. The average molecular weight is 312 g/mol. The van der Waals surface area contributed by atoms with Gasteiger partial charge in [0.15, 0.2) is 0 Å². The minimum Gasteiger partial charge on any atom is -0.314 e. The van der Waals surface area contributed by atoms with Crippen molar-refractivity contribution in [2.24, 2.45) is 0 Å². The van der Waals surface area contributed by atoms with Gasteiger partial charge in [-0.2, -0.15) is 13.1 Å². The van der Waals surface area contributed by atoms with Crippen molar-refractivity contribution in [2.75, 3.05) is 13.1 Å². The molecule has 3 rings (SSSR count). The van der Waals surface area contributed by atoms with E-state index in [4.69, 9.17) is 0 Å². The van der Waals surface area contributed by atoms with Crippen LogP contribution in [0.1, 0.15) is 13.8 Å². The van der Waals surface area contributed by atoms with Crippen molar-refractivity contribution >= 4 is 32.8 Å². The van der Waals surface area contributed by atoms with E-state index < -0.39 is 10.0 Å². The molecule has 0 bridgehead atoms. The van der Waals surface area contributed by atoms with E-state index in [1.54, 1.807) is 22.5 Å². The molecular weight excluding hydrogens is 296 g/mol. The zero-order valence-electron chi connectivity index (χ0n) is 11.3. The summed E-state index contributed by atoms with van der Waals surface area (Å²) in [6, 6.07) is 4.95. The van der Waals surface area contributed by atoms with Gasteiger partial charge in [0.05, 0.1) is 11.7 Å².